The van der Waals surface area contributed by atoms with Crippen LogP contribution in [0.25, 0.3) is 0 Å². The molecule has 1 aromatic rings. The van der Waals surface area contributed by atoms with E-state index in [1.807, 2.05) is 0 Å². The number of hydrogen-bond acceptors (Lipinski definition) is 2. The molecule has 0 radical (unpaired) electrons. The van der Waals surface area contributed by atoms with Gasteiger partial charge in [-0.15, -0.1) is 20.9 Å². The number of benzene rings is 1. The van der Waals surface area contributed by atoms with Crippen LogP contribution < -0.4 is 9.47 Å². The Morgan fingerprint density at radius 2 is 1.92 bits per heavy atom. The van der Waals surface area contributed by atoms with Crippen LogP contribution in [0.4, 0.5) is 8.78 Å². The standard InChI is InChI=1S/C7H3F2O2.BrH.Zn/c8-7(9)10-5-3-1-2-4-6(5)11-7;;/h1,3-4H;1H;/q-1;;+2/p-1. The average Bonchev–Trinajstić information content (AvgIpc) is 2.41. The first-order chi connectivity index (χ1) is 6.17. The van der Waals surface area contributed by atoms with Crippen LogP contribution in [0.2, 0.25) is 0 Å². The van der Waals surface area contributed by atoms with Crippen LogP contribution in [0, 0.1) is 6.07 Å². The predicted octanol–water partition coefficient (Wildman–Crippen LogP) is 2.65. The molecular formula is C7H3BrF2O2Zn. The SMILES string of the molecule is FC1(F)Oc2c[c-]ccc2O1.[Zn+][Br]. The first kappa shape index (κ1) is 10.9. The third kappa shape index (κ3) is 2.61. The Hall–Kier alpha value is -0.217. The molecule has 0 aromatic heterocycles. The van der Waals surface area contributed by atoms with Gasteiger partial charge in [-0.25, -0.2) is 0 Å². The van der Waals surface area contributed by atoms with E-state index < -0.39 is 6.29 Å². The summed E-state index contributed by atoms with van der Waals surface area (Å²) < 4.78 is 32.8. The molecule has 1 aromatic carbocycles. The van der Waals surface area contributed by atoms with Crippen molar-refractivity contribution in [1.29, 1.82) is 0 Å². The molecule has 0 saturated carbocycles. The first-order valence-electron chi connectivity index (χ1n) is 3.20. The van der Waals surface area contributed by atoms with Crippen molar-refractivity contribution in [1.82, 2.24) is 0 Å². The Kier molecular flexibility index (Phi) is 3.62. The molecule has 0 bridgehead atoms. The van der Waals surface area contributed by atoms with E-state index >= 15 is 0 Å². The summed E-state index contributed by atoms with van der Waals surface area (Å²) in [4.78, 5) is 0. The van der Waals surface area contributed by atoms with Gasteiger partial charge in [0.25, 0.3) is 0 Å². The van der Waals surface area contributed by atoms with Crippen molar-refractivity contribution in [3.05, 3.63) is 24.3 Å². The van der Waals surface area contributed by atoms with E-state index in [4.69, 9.17) is 0 Å². The third-order valence-corrected chi connectivity index (χ3v) is 1.25. The number of hydrogen-bond donors (Lipinski definition) is 0. The van der Waals surface area contributed by atoms with Gasteiger partial charge in [0.05, 0.1) is 11.5 Å². The van der Waals surface area contributed by atoms with Crippen LogP contribution >= 0.6 is 13.6 Å². The van der Waals surface area contributed by atoms with Gasteiger partial charge < -0.3 is 9.47 Å². The van der Waals surface area contributed by atoms with Gasteiger partial charge in [-0.2, -0.15) is 12.1 Å². The van der Waals surface area contributed by atoms with E-state index in [0.29, 0.717) is 0 Å². The van der Waals surface area contributed by atoms with Crippen LogP contribution in [0.3, 0.4) is 0 Å². The predicted molar refractivity (Wildman–Crippen MR) is 40.4 cm³/mol. The van der Waals surface area contributed by atoms with Gasteiger partial charge in [0.15, 0.2) is 0 Å². The number of ether oxygens (including phenoxy) is 2. The average molecular weight is 302 g/mol. The molecule has 0 amide bonds. The Balaban J connectivity index is 0.000000396. The molecule has 6 heteroatoms. The Bertz CT molecular complexity index is 269. The zero-order valence-corrected chi connectivity index (χ0v) is 10.9. The number of halogens is 3. The van der Waals surface area contributed by atoms with Gasteiger partial charge in [0.2, 0.25) is 0 Å². The molecule has 0 unspecified atom stereocenters. The van der Waals surface area contributed by atoms with Crippen molar-refractivity contribution >= 4 is 13.6 Å². The second kappa shape index (κ2) is 4.33. The van der Waals surface area contributed by atoms with Gasteiger partial charge >= 0.3 is 36.3 Å². The number of fused-ring (bicyclic) bond motifs is 1. The normalized spacial score (nSPS) is 16.1. The molecule has 0 spiro atoms. The van der Waals surface area contributed by atoms with Crippen molar-refractivity contribution in [3.63, 3.8) is 0 Å². The molecule has 1 aliphatic heterocycles. The molecule has 0 fully saturated rings. The maximum absolute atomic E-state index is 12.3. The Morgan fingerprint density at radius 1 is 1.31 bits per heavy atom. The van der Waals surface area contributed by atoms with Crippen LogP contribution in [0.5, 0.6) is 11.5 Å². The quantitative estimate of drug-likeness (QED) is 0.542. The molecule has 13 heavy (non-hydrogen) atoms. The number of rotatable bonds is 0. The first-order valence-corrected chi connectivity index (χ1v) is 10.1. The minimum absolute atomic E-state index is 0.0255. The monoisotopic (exact) mass is 300 g/mol. The summed E-state index contributed by atoms with van der Waals surface area (Å²) in [5, 5.41) is 0. The van der Waals surface area contributed by atoms with Crippen molar-refractivity contribution in [3.8, 4) is 11.5 Å². The van der Waals surface area contributed by atoms with Crippen LogP contribution in [0.1, 0.15) is 0 Å². The van der Waals surface area contributed by atoms with Crippen molar-refractivity contribution in [2.45, 2.75) is 6.29 Å². The molecular weight excluding hydrogens is 299 g/mol. The maximum atomic E-state index is 12.3. The summed E-state index contributed by atoms with van der Waals surface area (Å²) in [5.74, 6) is 0.0752. The zero-order chi connectivity index (χ0) is 9.90. The van der Waals surface area contributed by atoms with Crippen LogP contribution in [0.15, 0.2) is 18.2 Å². The van der Waals surface area contributed by atoms with Crippen molar-refractivity contribution in [2.24, 2.45) is 0 Å². The van der Waals surface area contributed by atoms with Crippen molar-refractivity contribution < 1.29 is 34.6 Å². The van der Waals surface area contributed by atoms with Crippen LogP contribution in [-0.4, -0.2) is 6.29 Å². The van der Waals surface area contributed by atoms with Gasteiger partial charge in [0.1, 0.15) is 0 Å². The van der Waals surface area contributed by atoms with E-state index in [1.54, 1.807) is 0 Å². The summed E-state index contributed by atoms with van der Waals surface area (Å²) in [6.45, 7) is 0. The van der Waals surface area contributed by atoms with E-state index in [1.165, 1.54) is 34.5 Å². The Morgan fingerprint density at radius 3 is 2.54 bits per heavy atom. The molecule has 0 atom stereocenters. The molecule has 0 aliphatic carbocycles. The number of alkyl halides is 2. The van der Waals surface area contributed by atoms with E-state index in [-0.39, 0.29) is 11.5 Å². The molecule has 0 saturated heterocycles. The fourth-order valence-corrected chi connectivity index (χ4v) is 0.842. The van der Waals surface area contributed by atoms with E-state index in [9.17, 15) is 8.78 Å². The zero-order valence-electron chi connectivity index (χ0n) is 6.39. The molecule has 1 heterocycles. The summed E-state index contributed by atoms with van der Waals surface area (Å²) in [6, 6.07) is 6.74. The van der Waals surface area contributed by atoms with Gasteiger partial charge in [-0.05, 0) is 0 Å². The summed E-state index contributed by atoms with van der Waals surface area (Å²) in [7, 11) is 0. The van der Waals surface area contributed by atoms with Crippen LogP contribution in [-0.2, 0) is 16.3 Å². The second-order valence-corrected chi connectivity index (χ2v) is 2.04. The van der Waals surface area contributed by atoms with E-state index in [0.717, 1.165) is 0 Å². The second-order valence-electron chi connectivity index (χ2n) is 2.04. The van der Waals surface area contributed by atoms with Gasteiger partial charge in [-0.1, -0.05) is 0 Å². The Labute approximate surface area is 90.3 Å². The molecule has 1 aliphatic rings. The summed E-state index contributed by atoms with van der Waals surface area (Å²) in [6.07, 6.45) is -3.52. The minimum atomic E-state index is -3.52. The molecule has 2 rings (SSSR count). The topological polar surface area (TPSA) is 18.5 Å². The fourth-order valence-electron chi connectivity index (χ4n) is 0.842. The van der Waals surface area contributed by atoms with E-state index in [2.05, 4.69) is 29.2 Å². The van der Waals surface area contributed by atoms with Crippen molar-refractivity contribution in [2.75, 3.05) is 0 Å². The van der Waals surface area contributed by atoms with Gasteiger partial charge in [-0.3, -0.25) is 0 Å². The molecule has 2 nitrogen and oxygen atoms in total. The summed E-state index contributed by atoms with van der Waals surface area (Å²) >= 11 is 4.25. The summed E-state index contributed by atoms with van der Waals surface area (Å²) in [5.41, 5.74) is 0. The molecule has 66 valence electrons. The third-order valence-electron chi connectivity index (χ3n) is 1.25. The fraction of sp³-hybridized carbons (Fsp3) is 0.143. The van der Waals surface area contributed by atoms with Gasteiger partial charge in [0, 0.05) is 0 Å². The molecule has 0 N–H and O–H groups in total.